The monoisotopic (exact) mass is 524 g/mol. The largest absolute Gasteiger partial charge is 0.329 e. The summed E-state index contributed by atoms with van der Waals surface area (Å²) >= 11 is 0. The summed E-state index contributed by atoms with van der Waals surface area (Å²) in [5.41, 5.74) is 0. The van der Waals surface area contributed by atoms with Crippen LogP contribution < -0.4 is 0 Å². The summed E-state index contributed by atoms with van der Waals surface area (Å²) in [6, 6.07) is 12.0. The van der Waals surface area contributed by atoms with Crippen LogP contribution in [0, 0.1) is 0 Å². The first kappa shape index (κ1) is 35.5. The molecule has 1 N–H and O–H groups in total. The van der Waals surface area contributed by atoms with Crippen molar-refractivity contribution in [2.45, 2.75) is 155 Å². The standard InChI is InChI=1S/C26H55O3P.C6H6/c1-3-5-7-9-11-13-15-17-19-21-23-25-28-30(27)29-26-24-22-20-18-16-14-12-10-8-6-4-2;1-2-4-6-5-3-1/h27H,3-26H2,1-2H3;1-6H. The van der Waals surface area contributed by atoms with Gasteiger partial charge in [0.25, 0.3) is 0 Å². The third kappa shape index (κ3) is 31.6. The molecule has 0 saturated heterocycles. The first-order valence-electron chi connectivity index (χ1n) is 15.6. The molecular weight excluding hydrogens is 463 g/mol. The van der Waals surface area contributed by atoms with Crippen molar-refractivity contribution in [1.82, 2.24) is 0 Å². The molecule has 1 aromatic rings. The van der Waals surface area contributed by atoms with E-state index >= 15 is 0 Å². The van der Waals surface area contributed by atoms with E-state index in [9.17, 15) is 4.89 Å². The van der Waals surface area contributed by atoms with Crippen LogP contribution in [0.15, 0.2) is 36.4 Å². The Bertz CT molecular complexity index is 431. The maximum absolute atomic E-state index is 9.79. The number of benzene rings is 1. The van der Waals surface area contributed by atoms with E-state index in [0.29, 0.717) is 13.2 Å². The Morgan fingerprint density at radius 1 is 0.389 bits per heavy atom. The Morgan fingerprint density at radius 2 is 0.611 bits per heavy atom. The van der Waals surface area contributed by atoms with Crippen LogP contribution in [0.1, 0.15) is 155 Å². The molecule has 0 spiro atoms. The van der Waals surface area contributed by atoms with Gasteiger partial charge in [0.05, 0.1) is 13.2 Å². The number of unbranched alkanes of at least 4 members (excludes halogenated alkanes) is 20. The van der Waals surface area contributed by atoms with Crippen LogP contribution in [0.5, 0.6) is 0 Å². The lowest BCUT2D eigenvalue weighted by Crippen LogP contribution is -1.95. The van der Waals surface area contributed by atoms with Gasteiger partial charge in [-0.1, -0.05) is 179 Å². The van der Waals surface area contributed by atoms with Crippen LogP contribution in [-0.4, -0.2) is 18.1 Å². The highest BCUT2D eigenvalue weighted by atomic mass is 31.2. The molecule has 0 aliphatic carbocycles. The maximum Gasteiger partial charge on any atom is 0.329 e. The summed E-state index contributed by atoms with van der Waals surface area (Å²) in [4.78, 5) is 9.79. The van der Waals surface area contributed by atoms with Gasteiger partial charge in [-0.15, -0.1) is 0 Å². The molecule has 0 radical (unpaired) electrons. The molecular formula is C32H61O3P. The minimum atomic E-state index is -1.66. The van der Waals surface area contributed by atoms with Gasteiger partial charge >= 0.3 is 8.60 Å². The van der Waals surface area contributed by atoms with Crippen molar-refractivity contribution in [3.05, 3.63) is 36.4 Å². The fourth-order valence-corrected chi connectivity index (χ4v) is 4.89. The Hall–Kier alpha value is -0.470. The van der Waals surface area contributed by atoms with E-state index in [4.69, 9.17) is 9.05 Å². The highest BCUT2D eigenvalue weighted by Gasteiger charge is 2.05. The highest BCUT2D eigenvalue weighted by Crippen LogP contribution is 2.33. The smallest absolute Gasteiger partial charge is 0.328 e. The molecule has 0 bridgehead atoms. The van der Waals surface area contributed by atoms with E-state index in [0.717, 1.165) is 12.8 Å². The number of hydrogen-bond acceptors (Lipinski definition) is 3. The molecule has 0 unspecified atom stereocenters. The molecule has 3 nitrogen and oxygen atoms in total. The van der Waals surface area contributed by atoms with Crippen LogP contribution in [-0.2, 0) is 9.05 Å². The molecule has 0 amide bonds. The first-order chi connectivity index (χ1) is 17.8. The minimum Gasteiger partial charge on any atom is -0.328 e. The molecule has 0 aromatic heterocycles. The quantitative estimate of drug-likeness (QED) is 0.0967. The van der Waals surface area contributed by atoms with Crippen LogP contribution in [0.2, 0.25) is 0 Å². The average Bonchev–Trinajstić information content (AvgIpc) is 2.91. The summed E-state index contributed by atoms with van der Waals surface area (Å²) < 4.78 is 10.8. The van der Waals surface area contributed by atoms with Crippen molar-refractivity contribution >= 4 is 8.60 Å². The van der Waals surface area contributed by atoms with Gasteiger partial charge in [-0.2, -0.15) is 0 Å². The Kier molecular flexibility index (Phi) is 32.1. The molecule has 0 aliphatic heterocycles. The van der Waals surface area contributed by atoms with Gasteiger partial charge in [0.15, 0.2) is 0 Å². The predicted molar refractivity (Wildman–Crippen MR) is 160 cm³/mol. The lowest BCUT2D eigenvalue weighted by molar-refractivity contribution is 0.193. The first-order valence-corrected chi connectivity index (χ1v) is 16.7. The van der Waals surface area contributed by atoms with Crippen molar-refractivity contribution in [2.75, 3.05) is 13.2 Å². The van der Waals surface area contributed by atoms with Crippen LogP contribution >= 0.6 is 8.60 Å². The molecule has 1 rings (SSSR count). The van der Waals surface area contributed by atoms with Gasteiger partial charge in [-0.25, -0.2) is 0 Å². The van der Waals surface area contributed by atoms with Gasteiger partial charge in [-0.3, -0.25) is 0 Å². The van der Waals surface area contributed by atoms with Gasteiger partial charge in [0, 0.05) is 0 Å². The van der Waals surface area contributed by atoms with E-state index in [1.54, 1.807) is 0 Å². The third-order valence-corrected chi connectivity index (χ3v) is 7.37. The van der Waals surface area contributed by atoms with Gasteiger partial charge < -0.3 is 13.9 Å². The van der Waals surface area contributed by atoms with E-state index < -0.39 is 8.60 Å². The van der Waals surface area contributed by atoms with Gasteiger partial charge in [0.1, 0.15) is 0 Å². The topological polar surface area (TPSA) is 38.7 Å². The fourth-order valence-electron chi connectivity index (χ4n) is 4.24. The zero-order chi connectivity index (χ0) is 26.2. The van der Waals surface area contributed by atoms with E-state index in [-0.39, 0.29) is 0 Å². The molecule has 0 heterocycles. The van der Waals surface area contributed by atoms with E-state index in [1.807, 2.05) is 36.4 Å². The zero-order valence-corrected chi connectivity index (χ0v) is 25.0. The summed E-state index contributed by atoms with van der Waals surface area (Å²) in [6.45, 7) is 5.82. The number of rotatable bonds is 26. The minimum absolute atomic E-state index is 0.636. The van der Waals surface area contributed by atoms with Gasteiger partial charge in [-0.05, 0) is 12.8 Å². The summed E-state index contributed by atoms with van der Waals surface area (Å²) in [5.74, 6) is 0. The normalized spacial score (nSPS) is 11.0. The second kappa shape index (κ2) is 32.6. The van der Waals surface area contributed by atoms with Crippen LogP contribution in [0.4, 0.5) is 0 Å². The van der Waals surface area contributed by atoms with E-state index in [1.165, 1.54) is 128 Å². The zero-order valence-electron chi connectivity index (χ0n) is 24.1. The molecule has 4 heteroatoms. The molecule has 0 fully saturated rings. The maximum atomic E-state index is 9.79. The van der Waals surface area contributed by atoms with Crippen molar-refractivity contribution in [3.63, 3.8) is 0 Å². The molecule has 1 aromatic carbocycles. The van der Waals surface area contributed by atoms with Gasteiger partial charge in [0.2, 0.25) is 0 Å². The Balaban J connectivity index is 0.00000176. The highest BCUT2D eigenvalue weighted by molar-refractivity contribution is 7.40. The lowest BCUT2D eigenvalue weighted by atomic mass is 10.1. The molecule has 0 aliphatic rings. The lowest BCUT2D eigenvalue weighted by Gasteiger charge is -2.10. The molecule has 212 valence electrons. The molecule has 0 atom stereocenters. The average molecular weight is 525 g/mol. The molecule has 0 saturated carbocycles. The second-order valence-corrected chi connectivity index (χ2v) is 11.1. The van der Waals surface area contributed by atoms with Crippen molar-refractivity contribution in [1.29, 1.82) is 0 Å². The summed E-state index contributed by atoms with van der Waals surface area (Å²) in [6.07, 6.45) is 29.3. The molecule has 36 heavy (non-hydrogen) atoms. The number of hydrogen-bond donors (Lipinski definition) is 1. The van der Waals surface area contributed by atoms with Crippen molar-refractivity contribution in [3.8, 4) is 0 Å². The second-order valence-electron chi connectivity index (χ2n) is 10.1. The fraction of sp³-hybridized carbons (Fsp3) is 0.812. The Morgan fingerprint density at radius 3 is 0.861 bits per heavy atom. The van der Waals surface area contributed by atoms with Crippen LogP contribution in [0.25, 0.3) is 0 Å². The van der Waals surface area contributed by atoms with Crippen molar-refractivity contribution in [2.24, 2.45) is 0 Å². The summed E-state index contributed by atoms with van der Waals surface area (Å²) in [7, 11) is -1.66. The SMILES string of the molecule is CCCCCCCCCCCCCOP(O)OCCCCCCCCCCCCC.c1ccccc1. The summed E-state index contributed by atoms with van der Waals surface area (Å²) in [5, 5.41) is 0. The van der Waals surface area contributed by atoms with Crippen molar-refractivity contribution < 1.29 is 13.9 Å². The third-order valence-electron chi connectivity index (χ3n) is 6.57. The predicted octanol–water partition coefficient (Wildman–Crippen LogP) is 11.5. The Labute approximate surface area is 227 Å². The van der Waals surface area contributed by atoms with Crippen LogP contribution in [0.3, 0.4) is 0 Å². The van der Waals surface area contributed by atoms with E-state index in [2.05, 4.69) is 13.8 Å².